The van der Waals surface area contributed by atoms with Gasteiger partial charge in [-0.3, -0.25) is 14.9 Å². The highest BCUT2D eigenvalue weighted by Gasteiger charge is 2.45. The Morgan fingerprint density at radius 1 is 1.44 bits per heavy atom. The standard InChI is InChI=1S/C11H8N2O3/c12-7-11(5-10(14)6-11)8-2-1-3-9(4-8)13(15)16/h1-4H,5-6H2. The van der Waals surface area contributed by atoms with E-state index >= 15 is 0 Å². The molecule has 1 aromatic rings. The molecule has 0 atom stereocenters. The number of carbonyl (C=O) groups excluding carboxylic acids is 1. The SMILES string of the molecule is N#CC1(c2cccc([N+](=O)[O-])c2)CC(=O)C1. The fraction of sp³-hybridized carbons (Fsp3) is 0.273. The molecule has 0 saturated heterocycles. The molecule has 1 aliphatic carbocycles. The largest absolute Gasteiger partial charge is 0.300 e. The van der Waals surface area contributed by atoms with E-state index in [9.17, 15) is 14.9 Å². The Morgan fingerprint density at radius 2 is 2.12 bits per heavy atom. The van der Waals surface area contributed by atoms with Crippen molar-refractivity contribution < 1.29 is 9.72 Å². The lowest BCUT2D eigenvalue weighted by Gasteiger charge is -2.33. The van der Waals surface area contributed by atoms with Gasteiger partial charge in [0.1, 0.15) is 5.78 Å². The third kappa shape index (κ3) is 1.44. The summed E-state index contributed by atoms with van der Waals surface area (Å²) in [6.07, 6.45) is 0.315. The Balaban J connectivity index is 2.41. The highest BCUT2D eigenvalue weighted by molar-refractivity contribution is 5.90. The van der Waals surface area contributed by atoms with E-state index in [0.717, 1.165) is 0 Å². The summed E-state index contributed by atoms with van der Waals surface area (Å²) in [6, 6.07) is 8.02. The fourth-order valence-electron chi connectivity index (χ4n) is 1.89. The van der Waals surface area contributed by atoms with E-state index in [0.29, 0.717) is 5.56 Å². The fourth-order valence-corrected chi connectivity index (χ4v) is 1.89. The number of rotatable bonds is 2. The first-order chi connectivity index (χ1) is 7.57. The molecule has 0 spiro atoms. The average molecular weight is 216 g/mol. The number of nitro groups is 1. The monoisotopic (exact) mass is 216 g/mol. The van der Waals surface area contributed by atoms with Crippen molar-refractivity contribution in [2.45, 2.75) is 18.3 Å². The van der Waals surface area contributed by atoms with E-state index in [-0.39, 0.29) is 24.3 Å². The van der Waals surface area contributed by atoms with Crippen LogP contribution >= 0.6 is 0 Å². The molecule has 2 rings (SSSR count). The molecule has 0 heterocycles. The topological polar surface area (TPSA) is 84.0 Å². The van der Waals surface area contributed by atoms with Gasteiger partial charge in [0.2, 0.25) is 0 Å². The normalized spacial score (nSPS) is 17.3. The molecular weight excluding hydrogens is 208 g/mol. The second-order valence-corrected chi connectivity index (χ2v) is 3.89. The van der Waals surface area contributed by atoms with Crippen LogP contribution in [0, 0.1) is 21.4 Å². The average Bonchev–Trinajstić information content (AvgIpc) is 2.24. The molecule has 5 heteroatoms. The Morgan fingerprint density at radius 3 is 2.62 bits per heavy atom. The van der Waals surface area contributed by atoms with Crippen molar-refractivity contribution >= 4 is 11.5 Å². The first-order valence-electron chi connectivity index (χ1n) is 4.75. The maximum absolute atomic E-state index is 11.0. The van der Waals surface area contributed by atoms with Gasteiger partial charge in [-0.15, -0.1) is 0 Å². The lowest BCUT2D eigenvalue weighted by Crippen LogP contribution is -2.40. The third-order valence-corrected chi connectivity index (χ3v) is 2.82. The van der Waals surface area contributed by atoms with E-state index in [2.05, 4.69) is 6.07 Å². The van der Waals surface area contributed by atoms with Crippen molar-refractivity contribution in [3.63, 3.8) is 0 Å². The molecule has 5 nitrogen and oxygen atoms in total. The summed E-state index contributed by atoms with van der Waals surface area (Å²) in [4.78, 5) is 21.1. The van der Waals surface area contributed by atoms with Gasteiger partial charge in [-0.05, 0) is 5.56 Å². The van der Waals surface area contributed by atoms with Gasteiger partial charge in [-0.1, -0.05) is 12.1 Å². The summed E-state index contributed by atoms with van der Waals surface area (Å²) in [5, 5.41) is 19.7. The van der Waals surface area contributed by atoms with Crippen molar-refractivity contribution in [2.75, 3.05) is 0 Å². The summed E-state index contributed by atoms with van der Waals surface area (Å²) in [6.45, 7) is 0. The van der Waals surface area contributed by atoms with Crippen LogP contribution in [0.4, 0.5) is 5.69 Å². The molecule has 1 fully saturated rings. The maximum atomic E-state index is 11.0. The molecular formula is C11H8N2O3. The molecule has 1 aliphatic rings. The van der Waals surface area contributed by atoms with E-state index in [4.69, 9.17) is 5.26 Å². The molecule has 16 heavy (non-hydrogen) atoms. The van der Waals surface area contributed by atoms with Crippen LogP contribution in [0.5, 0.6) is 0 Å². The predicted molar refractivity (Wildman–Crippen MR) is 54.6 cm³/mol. The number of non-ortho nitro benzene ring substituents is 1. The van der Waals surface area contributed by atoms with Crippen molar-refractivity contribution in [3.8, 4) is 6.07 Å². The molecule has 80 valence electrons. The number of nitriles is 1. The van der Waals surface area contributed by atoms with Crippen LogP contribution in [-0.2, 0) is 10.2 Å². The lowest BCUT2D eigenvalue weighted by molar-refractivity contribution is -0.385. The summed E-state index contributed by atoms with van der Waals surface area (Å²) in [5.74, 6) is 0.0213. The van der Waals surface area contributed by atoms with E-state index in [1.165, 1.54) is 18.2 Å². The van der Waals surface area contributed by atoms with Gasteiger partial charge in [-0.25, -0.2) is 0 Å². The van der Waals surface area contributed by atoms with Crippen LogP contribution in [0.25, 0.3) is 0 Å². The summed E-state index contributed by atoms with van der Waals surface area (Å²) in [5.41, 5.74) is -0.335. The minimum absolute atomic E-state index is 0.0213. The van der Waals surface area contributed by atoms with Crippen LogP contribution in [0.15, 0.2) is 24.3 Å². The van der Waals surface area contributed by atoms with Crippen molar-refractivity contribution in [2.24, 2.45) is 0 Å². The van der Waals surface area contributed by atoms with Gasteiger partial charge in [0, 0.05) is 25.0 Å². The Kier molecular flexibility index (Phi) is 2.20. The summed E-state index contributed by atoms with van der Waals surface area (Å²) in [7, 11) is 0. The molecule has 0 N–H and O–H groups in total. The van der Waals surface area contributed by atoms with Crippen molar-refractivity contribution in [3.05, 3.63) is 39.9 Å². The smallest absolute Gasteiger partial charge is 0.269 e. The minimum Gasteiger partial charge on any atom is -0.300 e. The highest BCUT2D eigenvalue weighted by atomic mass is 16.6. The Bertz CT molecular complexity index is 508. The molecule has 0 amide bonds. The van der Waals surface area contributed by atoms with Crippen molar-refractivity contribution in [1.82, 2.24) is 0 Å². The van der Waals surface area contributed by atoms with Crippen LogP contribution in [0.3, 0.4) is 0 Å². The Hall–Kier alpha value is -2.22. The molecule has 0 radical (unpaired) electrons. The number of hydrogen-bond donors (Lipinski definition) is 0. The molecule has 0 unspecified atom stereocenters. The maximum Gasteiger partial charge on any atom is 0.269 e. The van der Waals surface area contributed by atoms with Gasteiger partial charge in [-0.2, -0.15) is 5.26 Å². The zero-order valence-corrected chi connectivity index (χ0v) is 8.34. The van der Waals surface area contributed by atoms with E-state index in [1.54, 1.807) is 6.07 Å². The third-order valence-electron chi connectivity index (χ3n) is 2.82. The second kappa shape index (κ2) is 3.42. The van der Waals surface area contributed by atoms with Gasteiger partial charge in [0.25, 0.3) is 5.69 Å². The van der Waals surface area contributed by atoms with E-state index in [1.807, 2.05) is 0 Å². The van der Waals surface area contributed by atoms with Crippen LogP contribution < -0.4 is 0 Å². The molecule has 0 bridgehead atoms. The van der Waals surface area contributed by atoms with E-state index < -0.39 is 10.3 Å². The second-order valence-electron chi connectivity index (χ2n) is 3.89. The number of hydrogen-bond acceptors (Lipinski definition) is 4. The lowest BCUT2D eigenvalue weighted by atomic mass is 9.65. The summed E-state index contributed by atoms with van der Waals surface area (Å²) < 4.78 is 0. The molecule has 1 saturated carbocycles. The number of nitro benzene ring substituents is 1. The minimum atomic E-state index is -0.844. The highest BCUT2D eigenvalue weighted by Crippen LogP contribution is 2.41. The summed E-state index contributed by atoms with van der Waals surface area (Å²) >= 11 is 0. The van der Waals surface area contributed by atoms with Crippen LogP contribution in [0.1, 0.15) is 18.4 Å². The number of Topliss-reactive ketones (excluding diaryl/α,β-unsaturated/α-hetero) is 1. The number of nitrogens with zero attached hydrogens (tertiary/aromatic N) is 2. The quantitative estimate of drug-likeness (QED) is 0.556. The molecule has 0 aromatic heterocycles. The number of ketones is 1. The number of benzene rings is 1. The molecule has 1 aromatic carbocycles. The molecule has 0 aliphatic heterocycles. The zero-order valence-electron chi connectivity index (χ0n) is 8.34. The van der Waals surface area contributed by atoms with Gasteiger partial charge >= 0.3 is 0 Å². The zero-order chi connectivity index (χ0) is 11.8. The van der Waals surface area contributed by atoms with Crippen LogP contribution in [-0.4, -0.2) is 10.7 Å². The Labute approximate surface area is 91.5 Å². The van der Waals surface area contributed by atoms with Gasteiger partial charge < -0.3 is 0 Å². The van der Waals surface area contributed by atoms with Crippen LogP contribution in [0.2, 0.25) is 0 Å². The van der Waals surface area contributed by atoms with Gasteiger partial charge in [0.05, 0.1) is 16.4 Å². The first kappa shape index (κ1) is 10.3. The number of carbonyl (C=O) groups is 1. The predicted octanol–water partition coefficient (Wildman–Crippen LogP) is 1.72. The van der Waals surface area contributed by atoms with Gasteiger partial charge in [0.15, 0.2) is 0 Å². The van der Waals surface area contributed by atoms with Crippen molar-refractivity contribution in [1.29, 1.82) is 5.26 Å². The first-order valence-corrected chi connectivity index (χ1v) is 4.75.